The zero-order valence-corrected chi connectivity index (χ0v) is 12.8. The molecule has 98 valence electrons. The first kappa shape index (κ1) is 14.0. The van der Waals surface area contributed by atoms with Crippen molar-refractivity contribution in [1.82, 2.24) is 0 Å². The second kappa shape index (κ2) is 5.71. The van der Waals surface area contributed by atoms with Gasteiger partial charge in [-0.1, -0.05) is 22.0 Å². The molecule has 0 saturated heterocycles. The van der Waals surface area contributed by atoms with Crippen LogP contribution >= 0.6 is 31.9 Å². The minimum absolute atomic E-state index is 0.106. The van der Waals surface area contributed by atoms with E-state index in [0.717, 1.165) is 4.47 Å². The lowest BCUT2D eigenvalue weighted by Gasteiger charge is -2.09. The van der Waals surface area contributed by atoms with Crippen molar-refractivity contribution in [2.75, 3.05) is 11.1 Å². The smallest absolute Gasteiger partial charge is 0.257 e. The number of nitrogen functional groups attached to an aromatic ring is 1. The maximum atomic E-state index is 13.3. The van der Waals surface area contributed by atoms with Gasteiger partial charge in [0.2, 0.25) is 0 Å². The number of hydrogen-bond acceptors (Lipinski definition) is 2. The highest BCUT2D eigenvalue weighted by atomic mass is 79.9. The van der Waals surface area contributed by atoms with Crippen molar-refractivity contribution in [2.45, 2.75) is 0 Å². The van der Waals surface area contributed by atoms with E-state index < -0.39 is 11.7 Å². The van der Waals surface area contributed by atoms with E-state index in [1.807, 2.05) is 0 Å². The van der Waals surface area contributed by atoms with E-state index in [1.165, 1.54) is 18.2 Å². The van der Waals surface area contributed by atoms with E-state index in [0.29, 0.717) is 10.2 Å². The fourth-order valence-corrected chi connectivity index (χ4v) is 2.66. The Morgan fingerprint density at radius 3 is 2.63 bits per heavy atom. The highest BCUT2D eigenvalue weighted by Crippen LogP contribution is 2.27. The number of hydrogen-bond donors (Lipinski definition) is 2. The van der Waals surface area contributed by atoms with Crippen molar-refractivity contribution in [1.29, 1.82) is 0 Å². The minimum atomic E-state index is -0.609. The fourth-order valence-electron chi connectivity index (χ4n) is 1.52. The van der Waals surface area contributed by atoms with E-state index in [2.05, 4.69) is 37.2 Å². The van der Waals surface area contributed by atoms with Crippen molar-refractivity contribution in [3.8, 4) is 0 Å². The van der Waals surface area contributed by atoms with Crippen molar-refractivity contribution in [2.24, 2.45) is 0 Å². The zero-order valence-electron chi connectivity index (χ0n) is 9.58. The second-order valence-electron chi connectivity index (χ2n) is 3.78. The van der Waals surface area contributed by atoms with Gasteiger partial charge in [-0.15, -0.1) is 0 Å². The molecule has 6 heteroatoms. The van der Waals surface area contributed by atoms with Gasteiger partial charge in [0.15, 0.2) is 0 Å². The van der Waals surface area contributed by atoms with Gasteiger partial charge in [0.05, 0.1) is 16.9 Å². The normalized spacial score (nSPS) is 10.3. The van der Waals surface area contributed by atoms with Gasteiger partial charge < -0.3 is 11.1 Å². The van der Waals surface area contributed by atoms with Crippen molar-refractivity contribution < 1.29 is 9.18 Å². The Balaban J connectivity index is 2.28. The van der Waals surface area contributed by atoms with Crippen LogP contribution in [0.1, 0.15) is 10.4 Å². The summed E-state index contributed by atoms with van der Waals surface area (Å²) in [5, 5.41) is 2.67. The molecular weight excluding hydrogens is 379 g/mol. The number of amides is 1. The van der Waals surface area contributed by atoms with E-state index in [1.54, 1.807) is 18.2 Å². The number of nitrogens with two attached hydrogens (primary N) is 1. The SMILES string of the molecule is Nc1c(F)cccc1C(=O)Nc1ccc(Br)cc1Br. The maximum absolute atomic E-state index is 13.3. The quantitative estimate of drug-likeness (QED) is 0.759. The van der Waals surface area contributed by atoms with Crippen LogP contribution in [-0.2, 0) is 0 Å². The number of halogens is 3. The third-order valence-corrected chi connectivity index (χ3v) is 3.63. The molecule has 19 heavy (non-hydrogen) atoms. The summed E-state index contributed by atoms with van der Waals surface area (Å²) in [6.45, 7) is 0. The average molecular weight is 388 g/mol. The lowest BCUT2D eigenvalue weighted by molar-refractivity contribution is 0.102. The molecule has 2 aromatic rings. The van der Waals surface area contributed by atoms with Gasteiger partial charge in [-0.2, -0.15) is 0 Å². The molecule has 0 bridgehead atoms. The third kappa shape index (κ3) is 3.13. The van der Waals surface area contributed by atoms with Gasteiger partial charge in [0, 0.05) is 8.95 Å². The van der Waals surface area contributed by atoms with Crippen molar-refractivity contribution in [3.63, 3.8) is 0 Å². The Labute approximate surface area is 126 Å². The van der Waals surface area contributed by atoms with Crippen LogP contribution in [0, 0.1) is 5.82 Å². The molecule has 0 saturated carbocycles. The minimum Gasteiger partial charge on any atom is -0.396 e. The topological polar surface area (TPSA) is 55.1 Å². The molecule has 0 aromatic heterocycles. The van der Waals surface area contributed by atoms with Crippen LogP contribution in [0.15, 0.2) is 45.3 Å². The number of benzene rings is 2. The largest absolute Gasteiger partial charge is 0.396 e. The van der Waals surface area contributed by atoms with E-state index in [4.69, 9.17) is 5.73 Å². The predicted molar refractivity (Wildman–Crippen MR) is 80.6 cm³/mol. The molecule has 3 nitrogen and oxygen atoms in total. The van der Waals surface area contributed by atoms with Crippen LogP contribution in [-0.4, -0.2) is 5.91 Å². The standard InChI is InChI=1S/C13H9Br2FN2O/c14-7-4-5-11(9(15)6-7)18-13(19)8-2-1-3-10(16)12(8)17/h1-6H,17H2,(H,18,19). The molecule has 0 aliphatic rings. The molecule has 0 fully saturated rings. The van der Waals surface area contributed by atoms with Gasteiger partial charge in [0.25, 0.3) is 5.91 Å². The van der Waals surface area contributed by atoms with Gasteiger partial charge in [-0.05, 0) is 46.3 Å². The lowest BCUT2D eigenvalue weighted by atomic mass is 10.1. The fraction of sp³-hybridized carbons (Fsp3) is 0. The number of para-hydroxylation sites is 1. The van der Waals surface area contributed by atoms with Crippen molar-refractivity contribution in [3.05, 3.63) is 56.7 Å². The number of carbonyl (C=O) groups excluding carboxylic acids is 1. The van der Waals surface area contributed by atoms with Crippen LogP contribution in [0.5, 0.6) is 0 Å². The summed E-state index contributed by atoms with van der Waals surface area (Å²) in [5.41, 5.74) is 6.07. The van der Waals surface area contributed by atoms with Crippen molar-refractivity contribution >= 4 is 49.1 Å². The molecule has 3 N–H and O–H groups in total. The maximum Gasteiger partial charge on any atom is 0.257 e. The molecule has 0 heterocycles. The Hall–Kier alpha value is -1.40. The molecule has 2 rings (SSSR count). The van der Waals surface area contributed by atoms with Crippen LogP contribution in [0.4, 0.5) is 15.8 Å². The molecule has 0 unspecified atom stereocenters. The van der Waals surface area contributed by atoms with E-state index in [9.17, 15) is 9.18 Å². The van der Waals surface area contributed by atoms with Crippen LogP contribution in [0.3, 0.4) is 0 Å². The first-order valence-electron chi connectivity index (χ1n) is 5.29. The number of rotatable bonds is 2. The molecule has 2 aromatic carbocycles. The number of anilines is 2. The van der Waals surface area contributed by atoms with E-state index in [-0.39, 0.29) is 11.3 Å². The molecule has 0 atom stereocenters. The predicted octanol–water partition coefficient (Wildman–Crippen LogP) is 4.19. The molecule has 0 spiro atoms. The first-order chi connectivity index (χ1) is 8.99. The number of nitrogens with one attached hydrogen (secondary N) is 1. The number of carbonyl (C=O) groups is 1. The Morgan fingerprint density at radius 2 is 1.95 bits per heavy atom. The zero-order chi connectivity index (χ0) is 14.0. The molecule has 0 aliphatic carbocycles. The summed E-state index contributed by atoms with van der Waals surface area (Å²) >= 11 is 6.65. The summed E-state index contributed by atoms with van der Waals surface area (Å²) in [6, 6.07) is 9.43. The Kier molecular flexibility index (Phi) is 4.21. The lowest BCUT2D eigenvalue weighted by Crippen LogP contribution is -2.15. The van der Waals surface area contributed by atoms with Crippen LogP contribution < -0.4 is 11.1 Å². The van der Waals surface area contributed by atoms with Crippen LogP contribution in [0.25, 0.3) is 0 Å². The highest BCUT2D eigenvalue weighted by molar-refractivity contribution is 9.11. The third-order valence-electron chi connectivity index (χ3n) is 2.48. The summed E-state index contributed by atoms with van der Waals surface area (Å²) in [4.78, 5) is 12.0. The Bertz CT molecular complexity index is 647. The monoisotopic (exact) mass is 386 g/mol. The Morgan fingerprint density at radius 1 is 1.21 bits per heavy atom. The molecule has 0 aliphatic heterocycles. The van der Waals surface area contributed by atoms with E-state index >= 15 is 0 Å². The summed E-state index contributed by atoms with van der Waals surface area (Å²) < 4.78 is 14.9. The molecular formula is C13H9Br2FN2O. The van der Waals surface area contributed by atoms with Crippen LogP contribution in [0.2, 0.25) is 0 Å². The summed E-state index contributed by atoms with van der Waals surface area (Å²) in [7, 11) is 0. The second-order valence-corrected chi connectivity index (χ2v) is 5.55. The van der Waals surface area contributed by atoms with Gasteiger partial charge in [0.1, 0.15) is 5.82 Å². The summed E-state index contributed by atoms with van der Waals surface area (Å²) in [6.07, 6.45) is 0. The summed E-state index contributed by atoms with van der Waals surface area (Å²) in [5.74, 6) is -1.07. The first-order valence-corrected chi connectivity index (χ1v) is 6.88. The van der Waals surface area contributed by atoms with Gasteiger partial charge in [-0.3, -0.25) is 4.79 Å². The average Bonchev–Trinajstić information content (AvgIpc) is 2.36. The molecule has 0 radical (unpaired) electrons. The van der Waals surface area contributed by atoms with Gasteiger partial charge in [-0.25, -0.2) is 4.39 Å². The highest BCUT2D eigenvalue weighted by Gasteiger charge is 2.13. The van der Waals surface area contributed by atoms with Gasteiger partial charge >= 0.3 is 0 Å². The molecule has 1 amide bonds.